The van der Waals surface area contributed by atoms with Crippen molar-refractivity contribution in [2.24, 2.45) is 0 Å². The first-order valence-corrected chi connectivity index (χ1v) is 5.83. The number of nitrogens with zero attached hydrogens (tertiary/aromatic N) is 1. The molecule has 88 valence electrons. The molecule has 0 bridgehead atoms. The van der Waals surface area contributed by atoms with Crippen LogP contribution in [0.2, 0.25) is 0 Å². The highest BCUT2D eigenvalue weighted by Gasteiger charge is 2.17. The van der Waals surface area contributed by atoms with Gasteiger partial charge in [-0.25, -0.2) is 0 Å². The first kappa shape index (κ1) is 10.2. The van der Waals surface area contributed by atoms with E-state index in [1.54, 1.807) is 6.20 Å². The zero-order valence-electron chi connectivity index (χ0n) is 9.73. The molecule has 0 saturated carbocycles. The third-order valence-corrected chi connectivity index (χ3v) is 3.19. The van der Waals surface area contributed by atoms with E-state index in [0.717, 1.165) is 29.7 Å². The number of fused-ring (bicyclic) bond motifs is 1. The lowest BCUT2D eigenvalue weighted by Crippen LogP contribution is -2.18. The molecule has 4 heteroatoms. The van der Waals surface area contributed by atoms with Crippen LogP contribution in [0.5, 0.6) is 5.75 Å². The van der Waals surface area contributed by atoms with Gasteiger partial charge >= 0.3 is 0 Å². The molecule has 0 fully saturated rings. The van der Waals surface area contributed by atoms with Gasteiger partial charge in [0.1, 0.15) is 11.6 Å². The van der Waals surface area contributed by atoms with Gasteiger partial charge in [-0.05, 0) is 43.0 Å². The van der Waals surface area contributed by atoms with Crippen LogP contribution in [0.15, 0.2) is 24.4 Å². The standard InChI is InChI=1S/C13H15N3O/c1-8-2-3-10-6-9(4-5-12(10)17-8)11-7-15-16-13(11)14/h4-8H,2-3H2,1H3,(H3,14,15,16). The molecule has 1 aliphatic heterocycles. The summed E-state index contributed by atoms with van der Waals surface area (Å²) in [5.41, 5.74) is 9.11. The van der Waals surface area contributed by atoms with Gasteiger partial charge < -0.3 is 10.5 Å². The minimum absolute atomic E-state index is 0.312. The minimum Gasteiger partial charge on any atom is -0.490 e. The maximum Gasteiger partial charge on any atom is 0.126 e. The lowest BCUT2D eigenvalue weighted by Gasteiger charge is -2.23. The lowest BCUT2D eigenvalue weighted by molar-refractivity contribution is 0.192. The molecule has 2 heterocycles. The number of aromatic amines is 1. The van der Waals surface area contributed by atoms with Gasteiger partial charge in [-0.2, -0.15) is 5.10 Å². The Morgan fingerprint density at radius 2 is 2.35 bits per heavy atom. The van der Waals surface area contributed by atoms with Gasteiger partial charge in [-0.1, -0.05) is 6.07 Å². The number of benzene rings is 1. The number of hydrogen-bond acceptors (Lipinski definition) is 3. The average molecular weight is 229 g/mol. The van der Waals surface area contributed by atoms with Gasteiger partial charge in [0.25, 0.3) is 0 Å². The third-order valence-electron chi connectivity index (χ3n) is 3.19. The predicted octanol–water partition coefficient (Wildman–Crippen LogP) is 2.37. The fourth-order valence-corrected chi connectivity index (χ4v) is 2.22. The maximum absolute atomic E-state index is 5.82. The Hall–Kier alpha value is -1.97. The summed E-state index contributed by atoms with van der Waals surface area (Å²) in [6.45, 7) is 2.10. The summed E-state index contributed by atoms with van der Waals surface area (Å²) in [5, 5.41) is 6.69. The molecule has 17 heavy (non-hydrogen) atoms. The number of anilines is 1. The molecule has 0 radical (unpaired) electrons. The zero-order chi connectivity index (χ0) is 11.8. The van der Waals surface area contributed by atoms with Crippen LogP contribution in [0.1, 0.15) is 18.9 Å². The minimum atomic E-state index is 0.312. The Balaban J connectivity index is 2.02. The van der Waals surface area contributed by atoms with Crippen LogP contribution in [0.4, 0.5) is 5.82 Å². The maximum atomic E-state index is 5.82. The second-order valence-electron chi connectivity index (χ2n) is 4.49. The molecule has 2 aromatic rings. The molecule has 0 spiro atoms. The zero-order valence-corrected chi connectivity index (χ0v) is 9.73. The smallest absolute Gasteiger partial charge is 0.126 e. The number of rotatable bonds is 1. The van der Waals surface area contributed by atoms with Crippen molar-refractivity contribution in [3.63, 3.8) is 0 Å². The Bertz CT molecular complexity index is 547. The second kappa shape index (κ2) is 3.80. The molecule has 3 rings (SSSR count). The number of nitrogens with one attached hydrogen (secondary N) is 1. The topological polar surface area (TPSA) is 63.9 Å². The molecule has 1 atom stereocenters. The summed E-state index contributed by atoms with van der Waals surface area (Å²) in [5.74, 6) is 1.60. The van der Waals surface area contributed by atoms with Crippen LogP contribution in [0, 0.1) is 0 Å². The van der Waals surface area contributed by atoms with Crippen molar-refractivity contribution >= 4 is 5.82 Å². The van der Waals surface area contributed by atoms with Crippen molar-refractivity contribution in [2.45, 2.75) is 25.9 Å². The van der Waals surface area contributed by atoms with E-state index in [1.807, 2.05) is 12.1 Å². The Morgan fingerprint density at radius 3 is 3.12 bits per heavy atom. The highest BCUT2D eigenvalue weighted by molar-refractivity contribution is 5.74. The van der Waals surface area contributed by atoms with Crippen molar-refractivity contribution in [1.29, 1.82) is 0 Å². The van der Waals surface area contributed by atoms with Crippen molar-refractivity contribution in [2.75, 3.05) is 5.73 Å². The molecule has 0 aliphatic carbocycles. The van der Waals surface area contributed by atoms with Crippen LogP contribution in [0.3, 0.4) is 0 Å². The quantitative estimate of drug-likeness (QED) is 0.789. The molecule has 1 aromatic carbocycles. The summed E-state index contributed by atoms with van der Waals surface area (Å²) < 4.78 is 5.78. The van der Waals surface area contributed by atoms with Gasteiger partial charge in [-0.3, -0.25) is 5.10 Å². The fourth-order valence-electron chi connectivity index (χ4n) is 2.22. The number of aryl methyl sites for hydroxylation is 1. The molecule has 0 saturated heterocycles. The van der Waals surface area contributed by atoms with Gasteiger partial charge in [-0.15, -0.1) is 0 Å². The number of nitrogens with two attached hydrogens (primary N) is 1. The van der Waals surface area contributed by atoms with Crippen LogP contribution in [-0.2, 0) is 6.42 Å². The Morgan fingerprint density at radius 1 is 1.47 bits per heavy atom. The van der Waals surface area contributed by atoms with E-state index >= 15 is 0 Å². The summed E-state index contributed by atoms with van der Waals surface area (Å²) in [6, 6.07) is 6.19. The molecule has 4 nitrogen and oxygen atoms in total. The summed E-state index contributed by atoms with van der Waals surface area (Å²) in [4.78, 5) is 0. The van der Waals surface area contributed by atoms with Crippen LogP contribution in [-0.4, -0.2) is 16.3 Å². The van der Waals surface area contributed by atoms with Gasteiger partial charge in [0, 0.05) is 5.56 Å². The van der Waals surface area contributed by atoms with E-state index in [1.165, 1.54) is 5.56 Å². The van der Waals surface area contributed by atoms with Crippen molar-refractivity contribution in [1.82, 2.24) is 10.2 Å². The van der Waals surface area contributed by atoms with Crippen molar-refractivity contribution < 1.29 is 4.74 Å². The van der Waals surface area contributed by atoms with Gasteiger partial charge in [0.15, 0.2) is 0 Å². The number of hydrogen-bond donors (Lipinski definition) is 2. The van der Waals surface area contributed by atoms with E-state index in [2.05, 4.69) is 23.2 Å². The Kier molecular flexibility index (Phi) is 2.28. The normalized spacial score (nSPS) is 18.5. The summed E-state index contributed by atoms with van der Waals surface area (Å²) >= 11 is 0. The van der Waals surface area contributed by atoms with Crippen LogP contribution < -0.4 is 10.5 Å². The van der Waals surface area contributed by atoms with Crippen LogP contribution in [0.25, 0.3) is 11.1 Å². The van der Waals surface area contributed by atoms with E-state index in [-0.39, 0.29) is 0 Å². The Labute approximate surface area is 99.8 Å². The highest BCUT2D eigenvalue weighted by atomic mass is 16.5. The fraction of sp³-hybridized carbons (Fsp3) is 0.308. The molecule has 3 N–H and O–H groups in total. The largest absolute Gasteiger partial charge is 0.490 e. The molecule has 0 amide bonds. The van der Waals surface area contributed by atoms with Gasteiger partial charge in [0.05, 0.1) is 12.3 Å². The molecule has 1 unspecified atom stereocenters. The van der Waals surface area contributed by atoms with E-state index in [0.29, 0.717) is 11.9 Å². The first-order valence-electron chi connectivity index (χ1n) is 5.83. The monoisotopic (exact) mass is 229 g/mol. The molecular formula is C13H15N3O. The lowest BCUT2D eigenvalue weighted by atomic mass is 9.98. The van der Waals surface area contributed by atoms with Crippen molar-refractivity contribution in [3.05, 3.63) is 30.0 Å². The van der Waals surface area contributed by atoms with Crippen molar-refractivity contribution in [3.8, 4) is 16.9 Å². The SMILES string of the molecule is CC1CCc2cc(-c3cn[nH]c3N)ccc2O1. The number of H-pyrrole nitrogens is 1. The number of nitrogen functional groups attached to an aromatic ring is 1. The number of ether oxygens (including phenoxy) is 1. The van der Waals surface area contributed by atoms with Crippen LogP contribution >= 0.6 is 0 Å². The van der Waals surface area contributed by atoms with E-state index in [4.69, 9.17) is 10.5 Å². The van der Waals surface area contributed by atoms with Gasteiger partial charge in [0.2, 0.25) is 0 Å². The number of aromatic nitrogens is 2. The summed E-state index contributed by atoms with van der Waals surface area (Å²) in [6.07, 6.45) is 4.19. The third kappa shape index (κ3) is 1.75. The average Bonchev–Trinajstić information content (AvgIpc) is 2.75. The molecular weight excluding hydrogens is 214 g/mol. The summed E-state index contributed by atoms with van der Waals surface area (Å²) in [7, 11) is 0. The molecule has 1 aliphatic rings. The second-order valence-corrected chi connectivity index (χ2v) is 4.49. The van der Waals surface area contributed by atoms with E-state index in [9.17, 15) is 0 Å². The van der Waals surface area contributed by atoms with E-state index < -0.39 is 0 Å². The molecule has 1 aromatic heterocycles. The predicted molar refractivity (Wildman–Crippen MR) is 66.8 cm³/mol. The highest BCUT2D eigenvalue weighted by Crippen LogP contribution is 2.33. The first-order chi connectivity index (χ1) is 8.24.